The summed E-state index contributed by atoms with van der Waals surface area (Å²) in [4.78, 5) is 11.6. The van der Waals surface area contributed by atoms with Crippen molar-refractivity contribution in [2.24, 2.45) is 0 Å². The molecule has 0 radical (unpaired) electrons. The molecule has 0 bridgehead atoms. The number of rotatable bonds is 7. The van der Waals surface area contributed by atoms with E-state index in [0.717, 1.165) is 10.0 Å². The summed E-state index contributed by atoms with van der Waals surface area (Å²) in [7, 11) is 0. The molecule has 2 atom stereocenters. The van der Waals surface area contributed by atoms with E-state index in [2.05, 4.69) is 26.6 Å². The van der Waals surface area contributed by atoms with Gasteiger partial charge in [0.1, 0.15) is 0 Å². The van der Waals surface area contributed by atoms with Crippen LogP contribution in [0.15, 0.2) is 28.7 Å². The van der Waals surface area contributed by atoms with Gasteiger partial charge in [0.15, 0.2) is 0 Å². The minimum absolute atomic E-state index is 0.312. The van der Waals surface area contributed by atoms with Gasteiger partial charge in [-0.2, -0.15) is 0 Å². The van der Waals surface area contributed by atoms with E-state index in [-0.39, 0.29) is 12.1 Å². The van der Waals surface area contributed by atoms with E-state index < -0.39 is 6.10 Å². The standard InChI is InChI=1S/C14H21BrN2O3/c1-3-20-9-8-16-14(19)17-10(2)13(18)11-4-6-12(15)7-5-11/h4-7,10,13,18H,3,8-9H2,1-2H3,(H2,16,17,19). The van der Waals surface area contributed by atoms with Crippen molar-refractivity contribution in [2.45, 2.75) is 26.0 Å². The van der Waals surface area contributed by atoms with E-state index in [1.165, 1.54) is 0 Å². The van der Waals surface area contributed by atoms with Crippen LogP contribution in [0.2, 0.25) is 0 Å². The number of carbonyl (C=O) groups is 1. The minimum atomic E-state index is -0.749. The molecule has 0 saturated carbocycles. The smallest absolute Gasteiger partial charge is 0.315 e. The number of aliphatic hydroxyl groups is 1. The van der Waals surface area contributed by atoms with Crippen LogP contribution in [-0.4, -0.2) is 36.9 Å². The summed E-state index contributed by atoms with van der Waals surface area (Å²) >= 11 is 3.34. The lowest BCUT2D eigenvalue weighted by molar-refractivity contribution is 0.134. The average Bonchev–Trinajstić information content (AvgIpc) is 2.43. The molecule has 0 aliphatic rings. The molecular weight excluding hydrogens is 324 g/mol. The van der Waals surface area contributed by atoms with E-state index in [0.29, 0.717) is 19.8 Å². The van der Waals surface area contributed by atoms with Crippen LogP contribution in [0.5, 0.6) is 0 Å². The molecule has 6 heteroatoms. The van der Waals surface area contributed by atoms with Crippen LogP contribution < -0.4 is 10.6 Å². The van der Waals surface area contributed by atoms with E-state index in [9.17, 15) is 9.90 Å². The average molecular weight is 345 g/mol. The summed E-state index contributed by atoms with van der Waals surface area (Å²) in [6.07, 6.45) is -0.749. The fraction of sp³-hybridized carbons (Fsp3) is 0.500. The zero-order valence-electron chi connectivity index (χ0n) is 11.7. The zero-order valence-corrected chi connectivity index (χ0v) is 13.3. The van der Waals surface area contributed by atoms with Gasteiger partial charge in [-0.15, -0.1) is 0 Å². The van der Waals surface area contributed by atoms with Gasteiger partial charge in [-0.05, 0) is 31.5 Å². The SMILES string of the molecule is CCOCCNC(=O)NC(C)C(O)c1ccc(Br)cc1. The van der Waals surface area contributed by atoms with Crippen molar-refractivity contribution in [3.8, 4) is 0 Å². The van der Waals surface area contributed by atoms with Crippen molar-refractivity contribution in [3.05, 3.63) is 34.3 Å². The van der Waals surface area contributed by atoms with Crippen molar-refractivity contribution in [2.75, 3.05) is 19.8 Å². The van der Waals surface area contributed by atoms with Crippen LogP contribution in [-0.2, 0) is 4.74 Å². The first-order valence-electron chi connectivity index (χ1n) is 6.60. The molecule has 3 N–H and O–H groups in total. The van der Waals surface area contributed by atoms with Gasteiger partial charge in [0.25, 0.3) is 0 Å². The largest absolute Gasteiger partial charge is 0.386 e. The maximum absolute atomic E-state index is 11.6. The maximum atomic E-state index is 11.6. The Morgan fingerprint density at radius 3 is 2.65 bits per heavy atom. The molecule has 1 rings (SSSR count). The molecule has 0 saturated heterocycles. The number of nitrogens with one attached hydrogen (secondary N) is 2. The topological polar surface area (TPSA) is 70.6 Å². The number of hydrogen-bond donors (Lipinski definition) is 3. The maximum Gasteiger partial charge on any atom is 0.315 e. The van der Waals surface area contributed by atoms with Crippen molar-refractivity contribution in [1.29, 1.82) is 0 Å². The predicted molar refractivity (Wildman–Crippen MR) is 81.6 cm³/mol. The Bertz CT molecular complexity index is 411. The summed E-state index contributed by atoms with van der Waals surface area (Å²) in [5.74, 6) is 0. The number of carbonyl (C=O) groups excluding carboxylic acids is 1. The Kier molecular flexibility index (Phi) is 7.58. The fourth-order valence-corrected chi connectivity index (χ4v) is 1.93. The van der Waals surface area contributed by atoms with Crippen LogP contribution in [0.4, 0.5) is 4.79 Å². The second-order valence-electron chi connectivity index (χ2n) is 4.38. The van der Waals surface area contributed by atoms with Crippen molar-refractivity contribution in [3.63, 3.8) is 0 Å². The third-order valence-electron chi connectivity index (χ3n) is 2.78. The molecule has 0 fully saturated rings. The van der Waals surface area contributed by atoms with Crippen LogP contribution in [0.3, 0.4) is 0 Å². The Morgan fingerprint density at radius 2 is 2.05 bits per heavy atom. The molecule has 2 amide bonds. The summed E-state index contributed by atoms with van der Waals surface area (Å²) in [5, 5.41) is 15.5. The van der Waals surface area contributed by atoms with Gasteiger partial charge in [0.2, 0.25) is 0 Å². The number of aliphatic hydroxyl groups excluding tert-OH is 1. The monoisotopic (exact) mass is 344 g/mol. The number of urea groups is 1. The quantitative estimate of drug-likeness (QED) is 0.664. The first-order valence-corrected chi connectivity index (χ1v) is 7.39. The number of hydrogen-bond acceptors (Lipinski definition) is 3. The molecular formula is C14H21BrN2O3. The van der Waals surface area contributed by atoms with Gasteiger partial charge in [-0.1, -0.05) is 28.1 Å². The van der Waals surface area contributed by atoms with Crippen molar-refractivity contribution >= 4 is 22.0 Å². The van der Waals surface area contributed by atoms with Crippen LogP contribution in [0, 0.1) is 0 Å². The molecule has 0 aliphatic heterocycles. The third-order valence-corrected chi connectivity index (χ3v) is 3.31. The summed E-state index contributed by atoms with van der Waals surface area (Å²) < 4.78 is 6.07. The van der Waals surface area contributed by atoms with E-state index >= 15 is 0 Å². The van der Waals surface area contributed by atoms with Crippen molar-refractivity contribution < 1.29 is 14.6 Å². The van der Waals surface area contributed by atoms with Crippen molar-refractivity contribution in [1.82, 2.24) is 10.6 Å². The first kappa shape index (κ1) is 16.9. The lowest BCUT2D eigenvalue weighted by atomic mass is 10.0. The summed E-state index contributed by atoms with van der Waals surface area (Å²) in [6, 6.07) is 6.65. The van der Waals surface area contributed by atoms with Gasteiger partial charge in [-0.25, -0.2) is 4.79 Å². The highest BCUT2D eigenvalue weighted by Crippen LogP contribution is 2.19. The Balaban J connectivity index is 2.39. The van der Waals surface area contributed by atoms with Crippen LogP contribution in [0.25, 0.3) is 0 Å². The molecule has 2 unspecified atom stereocenters. The molecule has 1 aromatic rings. The van der Waals surface area contributed by atoms with Gasteiger partial charge in [0.05, 0.1) is 18.8 Å². The van der Waals surface area contributed by atoms with Crippen LogP contribution in [0.1, 0.15) is 25.5 Å². The normalized spacial score (nSPS) is 13.6. The van der Waals surface area contributed by atoms with Gasteiger partial charge in [-0.3, -0.25) is 0 Å². The predicted octanol–water partition coefficient (Wildman–Crippen LogP) is 2.21. The lowest BCUT2D eigenvalue weighted by Crippen LogP contribution is -2.44. The Morgan fingerprint density at radius 1 is 1.40 bits per heavy atom. The second-order valence-corrected chi connectivity index (χ2v) is 5.30. The molecule has 0 aliphatic carbocycles. The second kappa shape index (κ2) is 8.94. The minimum Gasteiger partial charge on any atom is -0.386 e. The first-order chi connectivity index (χ1) is 9.54. The molecule has 0 heterocycles. The van der Waals surface area contributed by atoms with Gasteiger partial charge in [0, 0.05) is 17.6 Å². The van der Waals surface area contributed by atoms with Gasteiger partial charge < -0.3 is 20.5 Å². The number of halogens is 1. The van der Waals surface area contributed by atoms with E-state index in [4.69, 9.17) is 4.74 Å². The zero-order chi connectivity index (χ0) is 15.0. The molecule has 112 valence electrons. The molecule has 1 aromatic carbocycles. The fourth-order valence-electron chi connectivity index (χ4n) is 1.67. The molecule has 0 aromatic heterocycles. The highest BCUT2D eigenvalue weighted by atomic mass is 79.9. The highest BCUT2D eigenvalue weighted by Gasteiger charge is 2.18. The lowest BCUT2D eigenvalue weighted by Gasteiger charge is -2.21. The summed E-state index contributed by atoms with van der Waals surface area (Å²) in [6.45, 7) is 5.21. The Hall–Kier alpha value is -1.11. The third kappa shape index (κ3) is 5.90. The van der Waals surface area contributed by atoms with E-state index in [1.54, 1.807) is 6.92 Å². The Labute approximate surface area is 127 Å². The molecule has 20 heavy (non-hydrogen) atoms. The number of amides is 2. The highest BCUT2D eigenvalue weighted by molar-refractivity contribution is 9.10. The molecule has 0 spiro atoms. The van der Waals surface area contributed by atoms with E-state index in [1.807, 2.05) is 31.2 Å². The summed E-state index contributed by atoms with van der Waals surface area (Å²) in [5.41, 5.74) is 0.760. The van der Waals surface area contributed by atoms with Crippen LogP contribution >= 0.6 is 15.9 Å². The number of benzene rings is 1. The molecule has 5 nitrogen and oxygen atoms in total. The van der Waals surface area contributed by atoms with Gasteiger partial charge >= 0.3 is 6.03 Å². The number of ether oxygens (including phenoxy) is 1.